The first-order chi connectivity index (χ1) is 12.3. The highest BCUT2D eigenvalue weighted by Gasteiger charge is 2.22. The quantitative estimate of drug-likeness (QED) is 0.410. The fraction of sp³-hybridized carbons (Fsp3) is 0.190. The van der Waals surface area contributed by atoms with E-state index in [0.717, 1.165) is 39.1 Å². The van der Waals surface area contributed by atoms with Gasteiger partial charge in [0, 0.05) is 11.1 Å². The van der Waals surface area contributed by atoms with Gasteiger partial charge in [-0.1, -0.05) is 24.3 Å². The Morgan fingerprint density at radius 1 is 0.808 bits per heavy atom. The molecule has 0 atom stereocenters. The highest BCUT2D eigenvalue weighted by molar-refractivity contribution is 5.76. The van der Waals surface area contributed by atoms with E-state index in [-0.39, 0.29) is 11.4 Å². The average molecular weight is 348 g/mol. The minimum atomic E-state index is -0.399. The van der Waals surface area contributed by atoms with Crippen LogP contribution in [0, 0.1) is 37.8 Å². The molecule has 0 N–H and O–H groups in total. The van der Waals surface area contributed by atoms with E-state index in [2.05, 4.69) is 27.7 Å². The van der Waals surface area contributed by atoms with Crippen molar-refractivity contribution in [2.75, 3.05) is 0 Å². The average Bonchev–Trinajstić information content (AvgIpc) is 2.62. The first-order valence-corrected chi connectivity index (χ1v) is 8.35. The molecule has 0 aliphatic heterocycles. The molecular formula is C21H20N2O3. The topological polar surface area (TPSA) is 70.1 Å². The number of aromatic nitrogens is 1. The van der Waals surface area contributed by atoms with Crippen LogP contribution in [0.4, 0.5) is 5.69 Å². The van der Waals surface area contributed by atoms with Gasteiger partial charge in [0.15, 0.2) is 12.4 Å². The van der Waals surface area contributed by atoms with Crippen LogP contribution < -0.4 is 9.67 Å². The van der Waals surface area contributed by atoms with Crippen molar-refractivity contribution < 1.29 is 14.6 Å². The van der Waals surface area contributed by atoms with Gasteiger partial charge in [-0.2, -0.15) is 4.57 Å². The Labute approximate surface area is 152 Å². The SMILES string of the molecule is Cc1c(C)c(-[n+]2ccc([N+](=O)[O-])cc2)c(C)c(C)c1-c1ccc([O-])cc1. The van der Waals surface area contributed by atoms with Crippen molar-refractivity contribution in [1.82, 2.24) is 0 Å². The molecule has 1 aromatic heterocycles. The van der Waals surface area contributed by atoms with Crippen molar-refractivity contribution in [3.05, 3.63) is 81.2 Å². The predicted molar refractivity (Wildman–Crippen MR) is 98.5 cm³/mol. The van der Waals surface area contributed by atoms with E-state index in [4.69, 9.17) is 0 Å². The van der Waals surface area contributed by atoms with Gasteiger partial charge >= 0.3 is 0 Å². The van der Waals surface area contributed by atoms with E-state index in [1.165, 1.54) is 12.1 Å². The second-order valence-corrected chi connectivity index (χ2v) is 6.47. The molecule has 0 bridgehead atoms. The third kappa shape index (κ3) is 2.92. The third-order valence-corrected chi connectivity index (χ3v) is 5.01. The van der Waals surface area contributed by atoms with E-state index in [1.54, 1.807) is 24.5 Å². The van der Waals surface area contributed by atoms with Gasteiger partial charge in [-0.15, -0.1) is 5.75 Å². The largest absolute Gasteiger partial charge is 0.872 e. The van der Waals surface area contributed by atoms with Gasteiger partial charge < -0.3 is 5.11 Å². The van der Waals surface area contributed by atoms with Gasteiger partial charge in [0.05, 0.1) is 17.1 Å². The number of nitro groups is 1. The second-order valence-electron chi connectivity index (χ2n) is 6.47. The maximum absolute atomic E-state index is 11.4. The Morgan fingerprint density at radius 3 is 1.77 bits per heavy atom. The molecule has 3 aromatic rings. The molecule has 0 radical (unpaired) electrons. The Bertz CT molecular complexity index is 962. The van der Waals surface area contributed by atoms with Crippen molar-refractivity contribution in [1.29, 1.82) is 0 Å². The van der Waals surface area contributed by atoms with Crippen LogP contribution in [0.15, 0.2) is 48.8 Å². The lowest BCUT2D eigenvalue weighted by Crippen LogP contribution is -2.32. The van der Waals surface area contributed by atoms with Crippen molar-refractivity contribution in [2.45, 2.75) is 27.7 Å². The van der Waals surface area contributed by atoms with E-state index in [1.807, 2.05) is 16.7 Å². The van der Waals surface area contributed by atoms with Gasteiger partial charge in [0.2, 0.25) is 5.69 Å². The van der Waals surface area contributed by atoms with E-state index < -0.39 is 4.92 Å². The number of benzene rings is 2. The molecule has 0 spiro atoms. The zero-order chi connectivity index (χ0) is 19.0. The highest BCUT2D eigenvalue weighted by Crippen LogP contribution is 2.34. The molecule has 1 heterocycles. The van der Waals surface area contributed by atoms with Gasteiger partial charge in [-0.05, 0) is 49.9 Å². The predicted octanol–water partition coefficient (Wildman–Crippen LogP) is 3.85. The number of pyridine rings is 1. The Balaban J connectivity index is 2.20. The normalized spacial score (nSPS) is 10.8. The summed E-state index contributed by atoms with van der Waals surface area (Å²) in [5.74, 6) is -0.00412. The van der Waals surface area contributed by atoms with Crippen molar-refractivity contribution in [2.24, 2.45) is 0 Å². The summed E-state index contributed by atoms with van der Waals surface area (Å²) in [5, 5.41) is 22.3. The molecule has 5 nitrogen and oxygen atoms in total. The fourth-order valence-corrected chi connectivity index (χ4v) is 3.42. The smallest absolute Gasteiger partial charge is 0.281 e. The molecule has 132 valence electrons. The highest BCUT2D eigenvalue weighted by atomic mass is 16.6. The molecule has 26 heavy (non-hydrogen) atoms. The van der Waals surface area contributed by atoms with E-state index in [9.17, 15) is 15.2 Å². The maximum Gasteiger partial charge on any atom is 0.281 e. The summed E-state index contributed by atoms with van der Waals surface area (Å²) >= 11 is 0. The lowest BCUT2D eigenvalue weighted by atomic mass is 9.88. The molecule has 5 heteroatoms. The molecule has 0 amide bonds. The van der Waals surface area contributed by atoms with Crippen molar-refractivity contribution in [3.8, 4) is 22.6 Å². The van der Waals surface area contributed by atoms with Crippen LogP contribution in [0.2, 0.25) is 0 Å². The summed E-state index contributed by atoms with van der Waals surface area (Å²) in [7, 11) is 0. The number of nitrogens with zero attached hydrogens (tertiary/aromatic N) is 2. The molecule has 0 saturated heterocycles. The first kappa shape index (κ1) is 17.6. The van der Waals surface area contributed by atoms with Crippen LogP contribution in [0.3, 0.4) is 0 Å². The van der Waals surface area contributed by atoms with E-state index in [0.29, 0.717) is 0 Å². The van der Waals surface area contributed by atoms with Gasteiger partial charge in [-0.25, -0.2) is 0 Å². The summed E-state index contributed by atoms with van der Waals surface area (Å²) in [4.78, 5) is 10.5. The maximum atomic E-state index is 11.4. The zero-order valence-electron chi connectivity index (χ0n) is 15.2. The summed E-state index contributed by atoms with van der Waals surface area (Å²) < 4.78 is 1.92. The lowest BCUT2D eigenvalue weighted by molar-refractivity contribution is -0.597. The Kier molecular flexibility index (Phi) is 4.47. The standard InChI is InChI=1S/C21H20N2O3/c1-13-15(3)21(22-11-9-18(10-12-22)23(25)26)16(4)14(2)20(13)17-5-7-19(24)8-6-17/h5-12H,1-4H3. The van der Waals surface area contributed by atoms with Crippen LogP contribution in [0.1, 0.15) is 22.3 Å². The molecular weight excluding hydrogens is 328 g/mol. The molecule has 0 unspecified atom stereocenters. The van der Waals surface area contributed by atoms with Crippen LogP contribution in [-0.4, -0.2) is 4.92 Å². The molecule has 0 aliphatic carbocycles. The monoisotopic (exact) mass is 348 g/mol. The molecule has 0 fully saturated rings. The minimum Gasteiger partial charge on any atom is -0.872 e. The molecule has 0 saturated carbocycles. The number of hydrogen-bond acceptors (Lipinski definition) is 3. The Morgan fingerprint density at radius 2 is 1.31 bits per heavy atom. The molecule has 0 aliphatic rings. The first-order valence-electron chi connectivity index (χ1n) is 8.35. The van der Waals surface area contributed by atoms with Crippen LogP contribution in [0.25, 0.3) is 16.8 Å². The minimum absolute atomic E-state index is 0.00412. The number of hydrogen-bond donors (Lipinski definition) is 0. The van der Waals surface area contributed by atoms with Crippen LogP contribution in [0.5, 0.6) is 5.75 Å². The van der Waals surface area contributed by atoms with Gasteiger partial charge in [0.25, 0.3) is 5.69 Å². The summed E-state index contributed by atoms with van der Waals surface area (Å²) in [6, 6.07) is 9.88. The van der Waals surface area contributed by atoms with E-state index >= 15 is 0 Å². The van der Waals surface area contributed by atoms with Gasteiger partial charge in [-0.3, -0.25) is 10.1 Å². The zero-order valence-corrected chi connectivity index (χ0v) is 15.2. The summed E-state index contributed by atoms with van der Waals surface area (Å²) in [5.41, 5.74) is 7.72. The lowest BCUT2D eigenvalue weighted by Gasteiger charge is -2.18. The Hall–Kier alpha value is -3.21. The van der Waals surface area contributed by atoms with Gasteiger partial charge in [0.1, 0.15) is 0 Å². The second kappa shape index (κ2) is 6.59. The molecule has 2 aromatic carbocycles. The summed E-state index contributed by atoms with van der Waals surface area (Å²) in [6.45, 7) is 8.24. The van der Waals surface area contributed by atoms with Crippen LogP contribution >= 0.6 is 0 Å². The third-order valence-electron chi connectivity index (χ3n) is 5.01. The number of rotatable bonds is 3. The van der Waals surface area contributed by atoms with Crippen LogP contribution in [-0.2, 0) is 0 Å². The van der Waals surface area contributed by atoms with Crippen molar-refractivity contribution in [3.63, 3.8) is 0 Å². The fourth-order valence-electron chi connectivity index (χ4n) is 3.42. The summed E-state index contributed by atoms with van der Waals surface area (Å²) in [6.07, 6.45) is 3.44. The molecule has 3 rings (SSSR count). The van der Waals surface area contributed by atoms with Crippen molar-refractivity contribution >= 4 is 5.69 Å².